The number of aliphatic hydroxyl groups excluding tert-OH is 1. The van der Waals surface area contributed by atoms with Crippen molar-refractivity contribution >= 4 is 45.0 Å². The van der Waals surface area contributed by atoms with Gasteiger partial charge in [-0.05, 0) is 61.9 Å². The van der Waals surface area contributed by atoms with Gasteiger partial charge in [-0.3, -0.25) is 14.4 Å². The fourth-order valence-electron chi connectivity index (χ4n) is 3.35. The maximum absolute atomic E-state index is 12.4. The Kier molecular flexibility index (Phi) is 7.87. The lowest BCUT2D eigenvalue weighted by Crippen LogP contribution is -2.36. The maximum atomic E-state index is 12.4. The van der Waals surface area contributed by atoms with Crippen LogP contribution in [0.5, 0.6) is 5.75 Å². The van der Waals surface area contributed by atoms with Crippen LogP contribution in [0.4, 0.5) is 11.4 Å². The molecule has 2 aromatic rings. The summed E-state index contributed by atoms with van der Waals surface area (Å²) in [4.78, 5) is 38.3. The zero-order valence-electron chi connectivity index (χ0n) is 17.9. The zero-order chi connectivity index (χ0) is 23.3. The summed E-state index contributed by atoms with van der Waals surface area (Å²) in [6, 6.07) is 12.4. The van der Waals surface area contributed by atoms with Crippen LogP contribution in [-0.4, -0.2) is 48.6 Å². The minimum atomic E-state index is -0.638. The SMILES string of the molecule is Cc1cc(Br)ccc1NC(=O)COc1ccc(N2C[C@H](C(=O)NC[C@H](C)O)CC2=O)cc1. The number of amides is 3. The number of hydrogen-bond donors (Lipinski definition) is 3. The van der Waals surface area contributed by atoms with Crippen LogP contribution in [0.1, 0.15) is 18.9 Å². The van der Waals surface area contributed by atoms with Crippen molar-refractivity contribution in [3.05, 3.63) is 52.5 Å². The van der Waals surface area contributed by atoms with Gasteiger partial charge in [0.15, 0.2) is 6.61 Å². The van der Waals surface area contributed by atoms with Gasteiger partial charge in [0.1, 0.15) is 5.75 Å². The number of rotatable bonds is 8. The van der Waals surface area contributed by atoms with Crippen molar-refractivity contribution in [3.8, 4) is 5.75 Å². The summed E-state index contributed by atoms with van der Waals surface area (Å²) in [6.07, 6.45) is -0.514. The van der Waals surface area contributed by atoms with Crippen molar-refractivity contribution in [2.45, 2.75) is 26.4 Å². The number of ether oxygens (including phenoxy) is 1. The molecule has 2 atom stereocenters. The molecule has 3 amide bonds. The third-order valence-electron chi connectivity index (χ3n) is 5.05. The average Bonchev–Trinajstić information content (AvgIpc) is 3.14. The molecule has 0 unspecified atom stereocenters. The van der Waals surface area contributed by atoms with Gasteiger partial charge >= 0.3 is 0 Å². The van der Waals surface area contributed by atoms with Gasteiger partial charge in [-0.25, -0.2) is 0 Å². The van der Waals surface area contributed by atoms with E-state index in [9.17, 15) is 19.5 Å². The van der Waals surface area contributed by atoms with E-state index in [0.29, 0.717) is 11.4 Å². The molecular weight excluding hydrogens is 478 g/mol. The maximum Gasteiger partial charge on any atom is 0.262 e. The lowest BCUT2D eigenvalue weighted by molar-refractivity contribution is -0.126. The Hall–Kier alpha value is -2.91. The van der Waals surface area contributed by atoms with Gasteiger partial charge in [-0.2, -0.15) is 0 Å². The minimum absolute atomic E-state index is 0.125. The predicted molar refractivity (Wildman–Crippen MR) is 125 cm³/mol. The standard InChI is InChI=1S/C23H26BrN3O5/c1-14-9-17(24)3-8-20(14)26-21(29)13-32-19-6-4-18(5-7-19)27-12-16(10-22(27)30)23(31)25-11-15(2)28/h3-9,15-16,28H,10-13H2,1-2H3,(H,25,31)(H,26,29)/t15-,16+/m0/s1. The molecule has 0 aromatic heterocycles. The van der Waals surface area contributed by atoms with Crippen molar-refractivity contribution < 1.29 is 24.2 Å². The van der Waals surface area contributed by atoms with Gasteiger partial charge in [0.25, 0.3) is 5.91 Å². The van der Waals surface area contributed by atoms with E-state index in [1.807, 2.05) is 25.1 Å². The molecule has 0 radical (unpaired) electrons. The van der Waals surface area contributed by atoms with Crippen molar-refractivity contribution in [2.75, 3.05) is 29.9 Å². The number of carbonyl (C=O) groups excluding carboxylic acids is 3. The molecule has 3 rings (SSSR count). The van der Waals surface area contributed by atoms with Gasteiger partial charge in [-0.15, -0.1) is 0 Å². The first-order valence-electron chi connectivity index (χ1n) is 10.3. The number of benzene rings is 2. The van der Waals surface area contributed by atoms with Gasteiger partial charge in [0.05, 0.1) is 12.0 Å². The number of aryl methyl sites for hydroxylation is 1. The fourth-order valence-corrected chi connectivity index (χ4v) is 3.83. The Balaban J connectivity index is 1.52. The second-order valence-corrected chi connectivity index (χ2v) is 8.71. The molecule has 1 heterocycles. The quantitative estimate of drug-likeness (QED) is 0.513. The smallest absolute Gasteiger partial charge is 0.262 e. The molecule has 1 aliphatic rings. The zero-order valence-corrected chi connectivity index (χ0v) is 19.5. The molecule has 8 nitrogen and oxygen atoms in total. The fraction of sp³-hybridized carbons (Fsp3) is 0.348. The Labute approximate surface area is 195 Å². The van der Waals surface area contributed by atoms with Crippen LogP contribution in [0, 0.1) is 12.8 Å². The molecule has 0 saturated carbocycles. The van der Waals surface area contributed by atoms with Crippen LogP contribution >= 0.6 is 15.9 Å². The third-order valence-corrected chi connectivity index (χ3v) is 5.54. The highest BCUT2D eigenvalue weighted by Crippen LogP contribution is 2.27. The third kappa shape index (κ3) is 6.30. The van der Waals surface area contributed by atoms with E-state index in [4.69, 9.17) is 4.74 Å². The van der Waals surface area contributed by atoms with Crippen molar-refractivity contribution in [1.29, 1.82) is 0 Å². The Bertz CT molecular complexity index is 994. The minimum Gasteiger partial charge on any atom is -0.484 e. The summed E-state index contributed by atoms with van der Waals surface area (Å²) < 4.78 is 6.49. The van der Waals surface area contributed by atoms with Crippen LogP contribution in [0.2, 0.25) is 0 Å². The summed E-state index contributed by atoms with van der Waals surface area (Å²) in [5.74, 6) is -0.619. The normalized spacial score (nSPS) is 16.6. The predicted octanol–water partition coefficient (Wildman–Crippen LogP) is 2.62. The lowest BCUT2D eigenvalue weighted by atomic mass is 10.1. The Morgan fingerprint density at radius 3 is 2.62 bits per heavy atom. The van der Waals surface area contributed by atoms with E-state index < -0.39 is 12.0 Å². The van der Waals surface area contributed by atoms with Crippen LogP contribution in [-0.2, 0) is 14.4 Å². The van der Waals surface area contributed by atoms with Gasteiger partial charge < -0.3 is 25.4 Å². The molecule has 1 fully saturated rings. The molecule has 170 valence electrons. The molecule has 2 aromatic carbocycles. The molecule has 0 bridgehead atoms. The van der Waals surface area contributed by atoms with Gasteiger partial charge in [0, 0.05) is 35.4 Å². The number of halogens is 1. The van der Waals surface area contributed by atoms with E-state index in [1.165, 1.54) is 0 Å². The van der Waals surface area contributed by atoms with Gasteiger partial charge in [-0.1, -0.05) is 15.9 Å². The number of aliphatic hydroxyl groups is 1. The van der Waals surface area contributed by atoms with Crippen LogP contribution in [0.3, 0.4) is 0 Å². The number of anilines is 2. The summed E-state index contributed by atoms with van der Waals surface area (Å²) >= 11 is 3.39. The number of nitrogens with zero attached hydrogens (tertiary/aromatic N) is 1. The number of hydrogen-bond acceptors (Lipinski definition) is 5. The first-order valence-corrected chi connectivity index (χ1v) is 11.1. The molecule has 32 heavy (non-hydrogen) atoms. The van der Waals surface area contributed by atoms with Crippen molar-refractivity contribution in [2.24, 2.45) is 5.92 Å². The van der Waals surface area contributed by atoms with Gasteiger partial charge in [0.2, 0.25) is 11.8 Å². The highest BCUT2D eigenvalue weighted by Gasteiger charge is 2.35. The molecule has 9 heteroatoms. The summed E-state index contributed by atoms with van der Waals surface area (Å²) in [7, 11) is 0. The Morgan fingerprint density at radius 1 is 1.25 bits per heavy atom. The van der Waals surface area contributed by atoms with E-state index in [0.717, 1.165) is 15.7 Å². The Morgan fingerprint density at radius 2 is 1.97 bits per heavy atom. The van der Waals surface area contributed by atoms with Crippen LogP contribution in [0.15, 0.2) is 46.9 Å². The van der Waals surface area contributed by atoms with E-state index >= 15 is 0 Å². The molecule has 3 N–H and O–H groups in total. The van der Waals surface area contributed by atoms with E-state index in [2.05, 4.69) is 26.6 Å². The van der Waals surface area contributed by atoms with E-state index in [-0.39, 0.29) is 43.8 Å². The highest BCUT2D eigenvalue weighted by atomic mass is 79.9. The molecule has 1 saturated heterocycles. The van der Waals surface area contributed by atoms with Crippen LogP contribution in [0.25, 0.3) is 0 Å². The van der Waals surface area contributed by atoms with Crippen molar-refractivity contribution in [1.82, 2.24) is 5.32 Å². The summed E-state index contributed by atoms with van der Waals surface area (Å²) in [5, 5.41) is 14.8. The molecular formula is C23H26BrN3O5. The van der Waals surface area contributed by atoms with Crippen LogP contribution < -0.4 is 20.3 Å². The number of nitrogens with one attached hydrogen (secondary N) is 2. The average molecular weight is 504 g/mol. The second kappa shape index (κ2) is 10.6. The highest BCUT2D eigenvalue weighted by molar-refractivity contribution is 9.10. The topological polar surface area (TPSA) is 108 Å². The number of carbonyl (C=O) groups is 3. The lowest BCUT2D eigenvalue weighted by Gasteiger charge is -2.17. The largest absolute Gasteiger partial charge is 0.484 e. The molecule has 0 spiro atoms. The summed E-state index contributed by atoms with van der Waals surface area (Å²) in [5.41, 5.74) is 2.31. The molecule has 1 aliphatic heterocycles. The van der Waals surface area contributed by atoms with E-state index in [1.54, 1.807) is 36.1 Å². The monoisotopic (exact) mass is 503 g/mol. The second-order valence-electron chi connectivity index (χ2n) is 7.79. The molecule has 0 aliphatic carbocycles. The van der Waals surface area contributed by atoms with Crippen molar-refractivity contribution in [3.63, 3.8) is 0 Å². The first kappa shape index (κ1) is 23.7. The summed E-state index contributed by atoms with van der Waals surface area (Å²) in [6.45, 7) is 3.77. The first-order chi connectivity index (χ1) is 15.2.